The minimum Gasteiger partial charge on any atom is -0.298 e. The predicted octanol–water partition coefficient (Wildman–Crippen LogP) is 2.49. The van der Waals surface area contributed by atoms with E-state index in [2.05, 4.69) is 22.1 Å². The van der Waals surface area contributed by atoms with Gasteiger partial charge in [-0.15, -0.1) is 11.3 Å². The molecule has 0 fully saturated rings. The molecule has 1 aliphatic heterocycles. The fourth-order valence-electron chi connectivity index (χ4n) is 2.81. The Labute approximate surface area is 151 Å². The van der Waals surface area contributed by atoms with Gasteiger partial charge in [-0.25, -0.2) is 13.4 Å². The molecule has 2 aromatic rings. The van der Waals surface area contributed by atoms with E-state index in [0.717, 1.165) is 43.6 Å². The quantitative estimate of drug-likeness (QED) is 0.883. The Morgan fingerprint density at radius 3 is 2.84 bits per heavy atom. The fourth-order valence-corrected chi connectivity index (χ4v) is 4.51. The molecule has 25 heavy (non-hydrogen) atoms. The highest BCUT2D eigenvalue weighted by Gasteiger charge is 2.21. The summed E-state index contributed by atoms with van der Waals surface area (Å²) in [6, 6.07) is 4.59. The molecule has 0 bridgehead atoms. The van der Waals surface area contributed by atoms with Gasteiger partial charge in [0.25, 0.3) is 5.91 Å². The number of aromatic nitrogens is 1. The number of thiazole rings is 1. The Kier molecular flexibility index (Phi) is 4.95. The van der Waals surface area contributed by atoms with Gasteiger partial charge >= 0.3 is 0 Å². The summed E-state index contributed by atoms with van der Waals surface area (Å²) in [6.07, 6.45) is 2.02. The van der Waals surface area contributed by atoms with E-state index >= 15 is 0 Å². The fraction of sp³-hybridized carbons (Fsp3) is 0.412. The lowest BCUT2D eigenvalue weighted by Crippen LogP contribution is -2.29. The number of nitrogens with one attached hydrogen (secondary N) is 1. The minimum atomic E-state index is -3.36. The van der Waals surface area contributed by atoms with Crippen LogP contribution in [-0.2, 0) is 22.8 Å². The molecule has 0 saturated carbocycles. The van der Waals surface area contributed by atoms with E-state index in [1.165, 1.54) is 28.3 Å². The van der Waals surface area contributed by atoms with Crippen LogP contribution in [0.2, 0.25) is 0 Å². The number of carbonyl (C=O) groups is 1. The third-order valence-electron chi connectivity index (χ3n) is 4.36. The SMILES string of the molecule is CCN1CCc2nc(NC(=O)c3cc(S(C)(=O)=O)ccc3C)sc2C1. The number of benzene rings is 1. The molecular weight excluding hydrogens is 358 g/mol. The van der Waals surface area contributed by atoms with E-state index in [-0.39, 0.29) is 10.8 Å². The lowest BCUT2D eigenvalue weighted by atomic mass is 10.1. The molecule has 6 nitrogen and oxygen atoms in total. The minimum absolute atomic E-state index is 0.139. The number of fused-ring (bicyclic) bond motifs is 1. The molecule has 1 amide bonds. The molecule has 1 N–H and O–H groups in total. The van der Waals surface area contributed by atoms with Crippen LogP contribution in [0.4, 0.5) is 5.13 Å². The number of sulfone groups is 1. The van der Waals surface area contributed by atoms with Crippen LogP contribution < -0.4 is 5.32 Å². The largest absolute Gasteiger partial charge is 0.298 e. The van der Waals surface area contributed by atoms with Crippen molar-refractivity contribution in [3.63, 3.8) is 0 Å². The molecule has 0 saturated heterocycles. The highest BCUT2D eigenvalue weighted by Crippen LogP contribution is 2.28. The maximum absolute atomic E-state index is 12.6. The summed E-state index contributed by atoms with van der Waals surface area (Å²) in [5, 5.41) is 3.39. The maximum atomic E-state index is 12.6. The number of anilines is 1. The highest BCUT2D eigenvalue weighted by atomic mass is 32.2. The lowest BCUT2D eigenvalue weighted by molar-refractivity contribution is 0.102. The van der Waals surface area contributed by atoms with Crippen molar-refractivity contribution >= 4 is 32.2 Å². The Balaban J connectivity index is 1.83. The van der Waals surface area contributed by atoms with Crippen LogP contribution in [0.15, 0.2) is 23.1 Å². The molecule has 0 unspecified atom stereocenters. The average Bonchev–Trinajstić information content (AvgIpc) is 2.95. The van der Waals surface area contributed by atoms with E-state index in [1.54, 1.807) is 13.0 Å². The zero-order valence-corrected chi connectivity index (χ0v) is 16.1. The third kappa shape index (κ3) is 3.91. The van der Waals surface area contributed by atoms with Crippen LogP contribution in [0.1, 0.15) is 33.4 Å². The van der Waals surface area contributed by atoms with Crippen molar-refractivity contribution < 1.29 is 13.2 Å². The van der Waals surface area contributed by atoms with Gasteiger partial charge in [-0.1, -0.05) is 13.0 Å². The summed E-state index contributed by atoms with van der Waals surface area (Å²) in [5.41, 5.74) is 2.13. The second-order valence-corrected chi connectivity index (χ2v) is 9.31. The molecule has 2 heterocycles. The molecule has 0 atom stereocenters. The second kappa shape index (κ2) is 6.86. The average molecular weight is 380 g/mol. The van der Waals surface area contributed by atoms with Crippen molar-refractivity contribution in [1.29, 1.82) is 0 Å². The molecule has 1 aromatic heterocycles. The molecule has 1 aliphatic rings. The van der Waals surface area contributed by atoms with Crippen LogP contribution in [-0.4, -0.2) is 43.6 Å². The summed E-state index contributed by atoms with van der Waals surface area (Å²) < 4.78 is 23.4. The van der Waals surface area contributed by atoms with Crippen molar-refractivity contribution in [2.45, 2.75) is 31.7 Å². The predicted molar refractivity (Wildman–Crippen MR) is 99.0 cm³/mol. The van der Waals surface area contributed by atoms with Crippen LogP contribution in [0.5, 0.6) is 0 Å². The van der Waals surface area contributed by atoms with E-state index in [1.807, 2.05) is 0 Å². The summed E-state index contributed by atoms with van der Waals surface area (Å²) >= 11 is 1.49. The van der Waals surface area contributed by atoms with Gasteiger partial charge in [-0.2, -0.15) is 0 Å². The second-order valence-electron chi connectivity index (χ2n) is 6.21. The van der Waals surface area contributed by atoms with Crippen LogP contribution in [0.25, 0.3) is 0 Å². The number of rotatable bonds is 4. The summed E-state index contributed by atoms with van der Waals surface area (Å²) in [7, 11) is -3.36. The van der Waals surface area contributed by atoms with Gasteiger partial charge in [-0.3, -0.25) is 15.0 Å². The molecule has 0 aliphatic carbocycles. The molecule has 0 radical (unpaired) electrons. The number of nitrogens with zero attached hydrogens (tertiary/aromatic N) is 2. The van der Waals surface area contributed by atoms with Crippen molar-refractivity contribution in [2.75, 3.05) is 24.7 Å². The Morgan fingerprint density at radius 1 is 1.40 bits per heavy atom. The van der Waals surface area contributed by atoms with Crippen LogP contribution in [0.3, 0.4) is 0 Å². The summed E-state index contributed by atoms with van der Waals surface area (Å²) in [4.78, 5) is 20.8. The normalized spacial score (nSPS) is 15.0. The number of amides is 1. The molecule has 0 spiro atoms. The maximum Gasteiger partial charge on any atom is 0.257 e. The molecule has 134 valence electrons. The van der Waals surface area contributed by atoms with E-state index in [9.17, 15) is 13.2 Å². The summed E-state index contributed by atoms with van der Waals surface area (Å²) in [5.74, 6) is -0.332. The van der Waals surface area contributed by atoms with Crippen molar-refractivity contribution in [3.05, 3.63) is 39.9 Å². The van der Waals surface area contributed by atoms with Crippen molar-refractivity contribution in [3.8, 4) is 0 Å². The Morgan fingerprint density at radius 2 is 2.16 bits per heavy atom. The first kappa shape index (κ1) is 18.0. The van der Waals surface area contributed by atoms with Crippen LogP contribution in [0, 0.1) is 6.92 Å². The zero-order valence-electron chi connectivity index (χ0n) is 14.5. The van der Waals surface area contributed by atoms with Gasteiger partial charge in [0.2, 0.25) is 0 Å². The summed E-state index contributed by atoms with van der Waals surface area (Å²) in [6.45, 7) is 6.76. The molecule has 3 rings (SSSR count). The third-order valence-corrected chi connectivity index (χ3v) is 6.47. The van der Waals surface area contributed by atoms with Crippen LogP contribution >= 0.6 is 11.3 Å². The van der Waals surface area contributed by atoms with Gasteiger partial charge < -0.3 is 0 Å². The van der Waals surface area contributed by atoms with E-state index in [0.29, 0.717) is 10.7 Å². The zero-order chi connectivity index (χ0) is 18.2. The number of carbonyl (C=O) groups excluding carboxylic acids is 1. The standard InChI is InChI=1S/C17H21N3O3S2/c1-4-20-8-7-14-15(10-20)24-17(18-14)19-16(21)13-9-12(25(3,22)23)6-5-11(13)2/h5-6,9H,4,7-8,10H2,1-3H3,(H,18,19,21). The Bertz CT molecular complexity index is 919. The van der Waals surface area contributed by atoms with Gasteiger partial charge in [-0.05, 0) is 31.2 Å². The number of hydrogen-bond donors (Lipinski definition) is 1. The number of aryl methyl sites for hydroxylation is 1. The number of likely N-dealkylation sites (N-methyl/N-ethyl adjacent to an activating group) is 1. The first-order chi connectivity index (χ1) is 11.8. The van der Waals surface area contributed by atoms with Gasteiger partial charge in [0, 0.05) is 36.2 Å². The Hall–Kier alpha value is -1.77. The van der Waals surface area contributed by atoms with Crippen molar-refractivity contribution in [1.82, 2.24) is 9.88 Å². The smallest absolute Gasteiger partial charge is 0.257 e. The molecular formula is C17H21N3O3S2. The monoisotopic (exact) mass is 379 g/mol. The topological polar surface area (TPSA) is 79.4 Å². The van der Waals surface area contributed by atoms with Gasteiger partial charge in [0.1, 0.15) is 0 Å². The first-order valence-corrected chi connectivity index (χ1v) is 10.8. The van der Waals surface area contributed by atoms with E-state index < -0.39 is 9.84 Å². The molecule has 8 heteroatoms. The van der Waals surface area contributed by atoms with E-state index in [4.69, 9.17) is 0 Å². The lowest BCUT2D eigenvalue weighted by Gasteiger charge is -2.23. The molecule has 1 aromatic carbocycles. The number of hydrogen-bond acceptors (Lipinski definition) is 6. The highest BCUT2D eigenvalue weighted by molar-refractivity contribution is 7.90. The van der Waals surface area contributed by atoms with Gasteiger partial charge in [0.15, 0.2) is 15.0 Å². The van der Waals surface area contributed by atoms with Gasteiger partial charge in [0.05, 0.1) is 10.6 Å². The first-order valence-electron chi connectivity index (χ1n) is 8.11. The van der Waals surface area contributed by atoms with Crippen molar-refractivity contribution in [2.24, 2.45) is 0 Å².